The lowest BCUT2D eigenvalue weighted by Gasteiger charge is -2.03. The van der Waals surface area contributed by atoms with E-state index in [1.54, 1.807) is 0 Å². The van der Waals surface area contributed by atoms with Crippen molar-refractivity contribution in [2.24, 2.45) is 0 Å². The van der Waals surface area contributed by atoms with Gasteiger partial charge in [-0.2, -0.15) is 0 Å². The van der Waals surface area contributed by atoms with E-state index < -0.39 is 0 Å². The molecule has 2 nitrogen and oxygen atoms in total. The molecule has 1 aromatic carbocycles. The minimum absolute atomic E-state index is 0.317. The number of nitrogens with one attached hydrogen (secondary N) is 1. The van der Waals surface area contributed by atoms with Crippen molar-refractivity contribution < 1.29 is 4.74 Å². The van der Waals surface area contributed by atoms with Crippen LogP contribution >= 0.6 is 11.3 Å². The first-order valence-electron chi connectivity index (χ1n) is 6.28. The molecule has 0 fully saturated rings. The smallest absolute Gasteiger partial charge is 0.123 e. The number of rotatable bonds is 3. The van der Waals surface area contributed by atoms with Gasteiger partial charge >= 0.3 is 0 Å². The predicted octanol–water partition coefficient (Wildman–Crippen LogP) is 3.46. The van der Waals surface area contributed by atoms with Gasteiger partial charge in [-0.3, -0.25) is 0 Å². The lowest BCUT2D eigenvalue weighted by Crippen LogP contribution is -2.05. The Labute approximate surface area is 112 Å². The number of hydrogen-bond donors (Lipinski definition) is 1. The first-order valence-corrected chi connectivity index (χ1v) is 7.16. The van der Waals surface area contributed by atoms with Gasteiger partial charge in [-0.05, 0) is 54.2 Å². The van der Waals surface area contributed by atoms with Crippen molar-refractivity contribution in [2.75, 3.05) is 7.05 Å². The Morgan fingerprint density at radius 3 is 3.06 bits per heavy atom. The Morgan fingerprint density at radius 2 is 2.22 bits per heavy atom. The molecule has 0 radical (unpaired) electrons. The van der Waals surface area contributed by atoms with E-state index in [0.717, 1.165) is 18.7 Å². The lowest BCUT2D eigenvalue weighted by atomic mass is 10.0. The van der Waals surface area contributed by atoms with Crippen molar-refractivity contribution in [1.82, 2.24) is 5.32 Å². The Morgan fingerprint density at radius 1 is 1.33 bits per heavy atom. The average Bonchev–Trinajstić information content (AvgIpc) is 2.93. The minimum atomic E-state index is 0.317. The summed E-state index contributed by atoms with van der Waals surface area (Å²) < 4.78 is 5.73. The van der Waals surface area contributed by atoms with Crippen molar-refractivity contribution in [3.8, 4) is 16.9 Å². The van der Waals surface area contributed by atoms with Gasteiger partial charge < -0.3 is 10.1 Å². The summed E-state index contributed by atoms with van der Waals surface area (Å²) in [6.45, 7) is 3.06. The zero-order chi connectivity index (χ0) is 12.5. The number of thiophene rings is 1. The molecule has 18 heavy (non-hydrogen) atoms. The summed E-state index contributed by atoms with van der Waals surface area (Å²) in [6.07, 6.45) is 1.34. The second-order valence-corrected chi connectivity index (χ2v) is 5.78. The highest BCUT2D eigenvalue weighted by molar-refractivity contribution is 7.10. The number of benzene rings is 1. The van der Waals surface area contributed by atoms with E-state index >= 15 is 0 Å². The third kappa shape index (κ3) is 2.16. The predicted molar refractivity (Wildman–Crippen MR) is 76.3 cm³/mol. The summed E-state index contributed by atoms with van der Waals surface area (Å²) in [6, 6.07) is 8.79. The molecule has 0 bridgehead atoms. The van der Waals surface area contributed by atoms with Crippen LogP contribution in [-0.2, 0) is 13.0 Å². The van der Waals surface area contributed by atoms with Crippen molar-refractivity contribution in [3.05, 3.63) is 40.1 Å². The monoisotopic (exact) mass is 259 g/mol. The molecule has 1 aliphatic rings. The third-order valence-corrected chi connectivity index (χ3v) is 4.17. The third-order valence-electron chi connectivity index (χ3n) is 3.23. The number of hydrogen-bond acceptors (Lipinski definition) is 3. The summed E-state index contributed by atoms with van der Waals surface area (Å²) >= 11 is 1.81. The fourth-order valence-electron chi connectivity index (χ4n) is 2.40. The molecule has 0 amide bonds. The van der Waals surface area contributed by atoms with E-state index in [4.69, 9.17) is 4.74 Å². The molecular weight excluding hydrogens is 242 g/mol. The molecule has 0 aliphatic carbocycles. The van der Waals surface area contributed by atoms with Crippen LogP contribution < -0.4 is 10.1 Å². The Kier molecular flexibility index (Phi) is 3.10. The van der Waals surface area contributed by atoms with Crippen LogP contribution in [0.25, 0.3) is 11.1 Å². The van der Waals surface area contributed by atoms with E-state index in [0.29, 0.717) is 6.10 Å². The van der Waals surface area contributed by atoms with Crippen LogP contribution in [0.5, 0.6) is 5.75 Å². The van der Waals surface area contributed by atoms with Crippen LogP contribution in [0.3, 0.4) is 0 Å². The molecule has 3 heteroatoms. The quantitative estimate of drug-likeness (QED) is 0.911. The topological polar surface area (TPSA) is 21.3 Å². The second-order valence-electron chi connectivity index (χ2n) is 4.79. The van der Waals surface area contributed by atoms with Crippen LogP contribution in [-0.4, -0.2) is 13.2 Å². The van der Waals surface area contributed by atoms with Crippen molar-refractivity contribution in [2.45, 2.75) is 26.0 Å². The highest BCUT2D eigenvalue weighted by atomic mass is 32.1. The van der Waals surface area contributed by atoms with E-state index in [2.05, 4.69) is 41.9 Å². The summed E-state index contributed by atoms with van der Waals surface area (Å²) in [5, 5.41) is 5.42. The molecule has 2 aromatic rings. The standard InChI is InChI=1S/C15H17NOS/c1-10-5-12-6-11(3-4-15(12)17-10)13-7-14(8-16-2)18-9-13/h3-4,6-7,9-10,16H,5,8H2,1-2H3. The lowest BCUT2D eigenvalue weighted by molar-refractivity contribution is 0.254. The molecule has 1 N–H and O–H groups in total. The molecule has 1 atom stereocenters. The van der Waals surface area contributed by atoms with Gasteiger partial charge in [0.25, 0.3) is 0 Å². The maximum Gasteiger partial charge on any atom is 0.123 e. The van der Waals surface area contributed by atoms with Gasteiger partial charge in [-0.25, -0.2) is 0 Å². The highest BCUT2D eigenvalue weighted by Gasteiger charge is 2.19. The maximum absolute atomic E-state index is 5.73. The Bertz CT molecular complexity index is 561. The first kappa shape index (κ1) is 11.8. The molecule has 2 heterocycles. The van der Waals surface area contributed by atoms with Crippen molar-refractivity contribution >= 4 is 11.3 Å². The molecule has 0 spiro atoms. The van der Waals surface area contributed by atoms with Gasteiger partial charge in [0, 0.05) is 17.8 Å². The fraction of sp³-hybridized carbons (Fsp3) is 0.333. The number of fused-ring (bicyclic) bond motifs is 1. The van der Waals surface area contributed by atoms with Crippen molar-refractivity contribution in [3.63, 3.8) is 0 Å². The summed E-state index contributed by atoms with van der Waals surface area (Å²) in [4.78, 5) is 1.37. The van der Waals surface area contributed by atoms with Crippen molar-refractivity contribution in [1.29, 1.82) is 0 Å². The van der Waals surface area contributed by atoms with Crippen LogP contribution in [0, 0.1) is 0 Å². The first-order chi connectivity index (χ1) is 8.76. The van der Waals surface area contributed by atoms with E-state index in [1.807, 2.05) is 18.4 Å². The second kappa shape index (κ2) is 4.75. The fourth-order valence-corrected chi connectivity index (χ4v) is 3.31. The Hall–Kier alpha value is -1.32. The van der Waals surface area contributed by atoms with E-state index in [9.17, 15) is 0 Å². The SMILES string of the molecule is CNCc1cc(-c2ccc3c(c2)CC(C)O3)cs1. The van der Waals surface area contributed by atoms with Crippen LogP contribution in [0.15, 0.2) is 29.6 Å². The van der Waals surface area contributed by atoms with E-state index in [-0.39, 0.29) is 0 Å². The molecule has 0 saturated heterocycles. The molecule has 1 aliphatic heterocycles. The zero-order valence-corrected chi connectivity index (χ0v) is 11.5. The van der Waals surface area contributed by atoms with Crippen LogP contribution in [0.1, 0.15) is 17.4 Å². The summed E-state index contributed by atoms with van der Waals surface area (Å²) in [7, 11) is 1.98. The molecule has 3 rings (SSSR count). The maximum atomic E-state index is 5.73. The summed E-state index contributed by atoms with van der Waals surface area (Å²) in [5.41, 5.74) is 3.94. The van der Waals surface area contributed by atoms with Crippen LogP contribution in [0.2, 0.25) is 0 Å². The van der Waals surface area contributed by atoms with Gasteiger partial charge in [0.2, 0.25) is 0 Å². The Balaban J connectivity index is 1.90. The molecule has 1 aromatic heterocycles. The van der Waals surface area contributed by atoms with Gasteiger partial charge in [0.1, 0.15) is 11.9 Å². The summed E-state index contributed by atoms with van der Waals surface area (Å²) in [5.74, 6) is 1.05. The normalized spacial score (nSPS) is 17.6. The van der Waals surface area contributed by atoms with Crippen LogP contribution in [0.4, 0.5) is 0 Å². The average molecular weight is 259 g/mol. The molecule has 94 valence electrons. The minimum Gasteiger partial charge on any atom is -0.490 e. The van der Waals surface area contributed by atoms with Gasteiger partial charge in [0.15, 0.2) is 0 Å². The van der Waals surface area contributed by atoms with Gasteiger partial charge in [-0.1, -0.05) is 6.07 Å². The molecule has 0 saturated carbocycles. The zero-order valence-electron chi connectivity index (χ0n) is 10.7. The largest absolute Gasteiger partial charge is 0.490 e. The van der Waals surface area contributed by atoms with Gasteiger partial charge in [-0.15, -0.1) is 11.3 Å². The number of ether oxygens (including phenoxy) is 1. The highest BCUT2D eigenvalue weighted by Crippen LogP contribution is 2.34. The molecule has 1 unspecified atom stereocenters. The van der Waals surface area contributed by atoms with Gasteiger partial charge in [0.05, 0.1) is 0 Å². The molecular formula is C15H17NOS. The van der Waals surface area contributed by atoms with E-state index in [1.165, 1.54) is 21.6 Å².